The van der Waals surface area contributed by atoms with Gasteiger partial charge in [-0.3, -0.25) is 4.79 Å². The first-order valence-electron chi connectivity index (χ1n) is 6.33. The fourth-order valence-corrected chi connectivity index (χ4v) is 1.87. The van der Waals surface area contributed by atoms with E-state index in [2.05, 4.69) is 17.2 Å². The highest BCUT2D eigenvalue weighted by atomic mass is 16.5. The Kier molecular flexibility index (Phi) is 4.56. The molecule has 0 aliphatic carbocycles. The third-order valence-corrected chi connectivity index (χ3v) is 3.10. The van der Waals surface area contributed by atoms with Gasteiger partial charge >= 0.3 is 0 Å². The van der Waals surface area contributed by atoms with E-state index in [-0.39, 0.29) is 12.5 Å². The van der Waals surface area contributed by atoms with E-state index >= 15 is 0 Å². The van der Waals surface area contributed by atoms with Crippen LogP contribution in [0.15, 0.2) is 30.3 Å². The second kappa shape index (κ2) is 6.37. The average Bonchev–Trinajstić information content (AvgIpc) is 2.45. The molecule has 2 rings (SSSR count). The summed E-state index contributed by atoms with van der Waals surface area (Å²) in [7, 11) is 0. The summed E-state index contributed by atoms with van der Waals surface area (Å²) in [5, 5.41) is 12.8. The Morgan fingerprint density at radius 1 is 1.32 bits per heavy atom. The topological polar surface area (TPSA) is 58.6 Å². The van der Waals surface area contributed by atoms with Crippen molar-refractivity contribution >= 4 is 5.91 Å². The maximum atomic E-state index is 11.6. The van der Waals surface area contributed by atoms with E-state index in [1.54, 1.807) is 0 Å². The van der Waals surface area contributed by atoms with Crippen LogP contribution < -0.4 is 5.32 Å². The minimum atomic E-state index is -0.859. The predicted molar refractivity (Wildman–Crippen MR) is 71.3 cm³/mol. The fourth-order valence-electron chi connectivity index (χ4n) is 1.87. The molecule has 19 heavy (non-hydrogen) atoms. The van der Waals surface area contributed by atoms with Gasteiger partial charge in [0.05, 0.1) is 5.60 Å². The molecule has 0 aromatic heterocycles. The molecule has 1 amide bonds. The molecule has 1 aromatic rings. The number of carbonyl (C=O) groups excluding carboxylic acids is 1. The molecule has 2 N–H and O–H groups in total. The van der Waals surface area contributed by atoms with Crippen LogP contribution in [0.25, 0.3) is 0 Å². The van der Waals surface area contributed by atoms with Crippen LogP contribution in [0.2, 0.25) is 0 Å². The zero-order valence-corrected chi connectivity index (χ0v) is 10.7. The van der Waals surface area contributed by atoms with E-state index in [9.17, 15) is 9.90 Å². The van der Waals surface area contributed by atoms with E-state index in [1.165, 1.54) is 0 Å². The molecular formula is C15H17NO3. The third kappa shape index (κ3) is 4.40. The van der Waals surface area contributed by atoms with Crippen molar-refractivity contribution < 1.29 is 14.6 Å². The third-order valence-electron chi connectivity index (χ3n) is 3.10. The van der Waals surface area contributed by atoms with E-state index in [4.69, 9.17) is 4.74 Å². The van der Waals surface area contributed by atoms with Crippen LogP contribution in [0, 0.1) is 11.8 Å². The highest BCUT2D eigenvalue weighted by molar-refractivity contribution is 5.94. The Morgan fingerprint density at radius 2 is 2.00 bits per heavy atom. The molecule has 4 nitrogen and oxygen atoms in total. The number of aliphatic hydroxyl groups is 1. The van der Waals surface area contributed by atoms with Crippen LogP contribution in [-0.2, 0) is 9.53 Å². The summed E-state index contributed by atoms with van der Waals surface area (Å²) in [6.07, 6.45) is 1.08. The van der Waals surface area contributed by atoms with Gasteiger partial charge in [-0.2, -0.15) is 0 Å². The van der Waals surface area contributed by atoms with Gasteiger partial charge in [0.1, 0.15) is 0 Å². The smallest absolute Gasteiger partial charge is 0.296 e. The lowest BCUT2D eigenvalue weighted by atomic mass is 9.94. The van der Waals surface area contributed by atoms with Crippen molar-refractivity contribution in [3.05, 3.63) is 35.9 Å². The summed E-state index contributed by atoms with van der Waals surface area (Å²) in [5.41, 5.74) is -0.0649. The van der Waals surface area contributed by atoms with Gasteiger partial charge in [0.2, 0.25) is 0 Å². The standard InChI is InChI=1S/C15H17NO3/c17-14(7-6-13-4-2-1-3-5-13)16-12-15(18)8-10-19-11-9-15/h1-5,18H,8-12H2,(H,16,17). The minimum absolute atomic E-state index is 0.221. The lowest BCUT2D eigenvalue weighted by Crippen LogP contribution is -2.46. The van der Waals surface area contributed by atoms with Gasteiger partial charge < -0.3 is 15.2 Å². The van der Waals surface area contributed by atoms with Crippen molar-refractivity contribution in [2.24, 2.45) is 0 Å². The molecule has 1 fully saturated rings. The summed E-state index contributed by atoms with van der Waals surface area (Å²) in [6.45, 7) is 1.28. The van der Waals surface area contributed by atoms with Crippen molar-refractivity contribution in [2.45, 2.75) is 18.4 Å². The number of ether oxygens (including phenoxy) is 1. The number of benzene rings is 1. The van der Waals surface area contributed by atoms with E-state index < -0.39 is 5.60 Å². The molecule has 1 aliphatic heterocycles. The van der Waals surface area contributed by atoms with E-state index in [0.29, 0.717) is 26.1 Å². The molecule has 100 valence electrons. The molecule has 0 unspecified atom stereocenters. The quantitative estimate of drug-likeness (QED) is 0.769. The molecule has 0 saturated carbocycles. The molecule has 0 radical (unpaired) electrons. The Hall–Kier alpha value is -1.83. The molecule has 1 aliphatic rings. The number of nitrogens with one attached hydrogen (secondary N) is 1. The van der Waals surface area contributed by atoms with Gasteiger partial charge in [-0.05, 0) is 12.1 Å². The Balaban J connectivity index is 1.83. The normalized spacial score (nSPS) is 17.1. The molecule has 4 heteroatoms. The maximum absolute atomic E-state index is 11.6. The van der Waals surface area contributed by atoms with Crippen molar-refractivity contribution in [3.8, 4) is 11.8 Å². The van der Waals surface area contributed by atoms with Crippen LogP contribution in [-0.4, -0.2) is 36.4 Å². The van der Waals surface area contributed by atoms with Gasteiger partial charge in [0, 0.05) is 44.1 Å². The van der Waals surface area contributed by atoms with E-state index in [1.807, 2.05) is 30.3 Å². The largest absolute Gasteiger partial charge is 0.388 e. The lowest BCUT2D eigenvalue weighted by molar-refractivity contribution is -0.118. The van der Waals surface area contributed by atoms with Gasteiger partial charge in [-0.1, -0.05) is 24.1 Å². The van der Waals surface area contributed by atoms with Crippen LogP contribution >= 0.6 is 0 Å². The first kappa shape index (κ1) is 13.6. The van der Waals surface area contributed by atoms with Crippen LogP contribution in [0.3, 0.4) is 0 Å². The van der Waals surface area contributed by atoms with E-state index in [0.717, 1.165) is 5.56 Å². The number of amides is 1. The van der Waals surface area contributed by atoms with Crippen molar-refractivity contribution in [3.63, 3.8) is 0 Å². The predicted octanol–water partition coefficient (Wildman–Crippen LogP) is 0.696. The summed E-state index contributed by atoms with van der Waals surface area (Å²) in [6, 6.07) is 9.31. The molecule has 1 aromatic carbocycles. The number of hydrogen-bond donors (Lipinski definition) is 2. The van der Waals surface area contributed by atoms with Crippen LogP contribution in [0.4, 0.5) is 0 Å². The summed E-state index contributed by atoms with van der Waals surface area (Å²) < 4.78 is 5.18. The second-order valence-electron chi connectivity index (χ2n) is 4.64. The fraction of sp³-hybridized carbons (Fsp3) is 0.400. The molecule has 0 spiro atoms. The van der Waals surface area contributed by atoms with Gasteiger partial charge in [-0.25, -0.2) is 0 Å². The Bertz CT molecular complexity index is 481. The zero-order valence-electron chi connectivity index (χ0n) is 10.7. The zero-order chi connectivity index (χ0) is 13.6. The number of rotatable bonds is 2. The minimum Gasteiger partial charge on any atom is -0.388 e. The highest BCUT2D eigenvalue weighted by Crippen LogP contribution is 2.18. The molecule has 1 heterocycles. The first-order valence-corrected chi connectivity index (χ1v) is 6.33. The molecular weight excluding hydrogens is 242 g/mol. The van der Waals surface area contributed by atoms with Crippen molar-refractivity contribution in [1.29, 1.82) is 0 Å². The number of hydrogen-bond acceptors (Lipinski definition) is 3. The van der Waals surface area contributed by atoms with Gasteiger partial charge in [-0.15, -0.1) is 0 Å². The molecule has 1 saturated heterocycles. The van der Waals surface area contributed by atoms with Crippen LogP contribution in [0.1, 0.15) is 18.4 Å². The van der Waals surface area contributed by atoms with Gasteiger partial charge in [0.15, 0.2) is 0 Å². The summed E-state index contributed by atoms with van der Waals surface area (Å²) in [4.78, 5) is 11.6. The average molecular weight is 259 g/mol. The van der Waals surface area contributed by atoms with Crippen molar-refractivity contribution in [2.75, 3.05) is 19.8 Å². The first-order chi connectivity index (χ1) is 9.18. The van der Waals surface area contributed by atoms with Crippen LogP contribution in [0.5, 0.6) is 0 Å². The second-order valence-corrected chi connectivity index (χ2v) is 4.64. The Labute approximate surface area is 112 Å². The van der Waals surface area contributed by atoms with Crippen molar-refractivity contribution in [1.82, 2.24) is 5.32 Å². The maximum Gasteiger partial charge on any atom is 0.296 e. The monoisotopic (exact) mass is 259 g/mol. The lowest BCUT2D eigenvalue weighted by Gasteiger charge is -2.31. The summed E-state index contributed by atoms with van der Waals surface area (Å²) >= 11 is 0. The SMILES string of the molecule is O=C(C#Cc1ccccc1)NCC1(O)CCOCC1. The highest BCUT2D eigenvalue weighted by Gasteiger charge is 2.29. The summed E-state index contributed by atoms with van der Waals surface area (Å²) in [5.74, 6) is 4.92. The molecule has 0 bridgehead atoms. The number of carbonyl (C=O) groups is 1. The van der Waals surface area contributed by atoms with Gasteiger partial charge in [0.25, 0.3) is 5.91 Å². The Morgan fingerprint density at radius 3 is 2.68 bits per heavy atom. The molecule has 0 atom stereocenters.